The van der Waals surface area contributed by atoms with Gasteiger partial charge in [-0.05, 0) is 60.7 Å². The predicted octanol–water partition coefficient (Wildman–Crippen LogP) is 6.75. The smallest absolute Gasteiger partial charge is 0.292 e. The van der Waals surface area contributed by atoms with Gasteiger partial charge in [-0.1, -0.05) is 55.8 Å². The van der Waals surface area contributed by atoms with E-state index in [-0.39, 0.29) is 24.2 Å². The fourth-order valence-corrected chi connectivity index (χ4v) is 3.81. The number of furan rings is 1. The van der Waals surface area contributed by atoms with Crippen molar-refractivity contribution in [2.75, 3.05) is 5.32 Å². The molecule has 0 saturated carbocycles. The molecular weight excluding hydrogens is 450 g/mol. The number of carbonyl (C=O) groups is 1. The third-order valence-corrected chi connectivity index (χ3v) is 5.97. The Morgan fingerprint density at radius 1 is 1.12 bits per heavy atom. The van der Waals surface area contributed by atoms with Crippen molar-refractivity contribution >= 4 is 23.3 Å². The first-order valence-electron chi connectivity index (χ1n) is 11.2. The molecule has 7 heteroatoms. The van der Waals surface area contributed by atoms with Gasteiger partial charge in [0.1, 0.15) is 18.1 Å². The average molecular weight is 478 g/mol. The van der Waals surface area contributed by atoms with Crippen molar-refractivity contribution < 1.29 is 13.9 Å². The Bertz CT molecular complexity index is 1290. The topological polar surface area (TPSA) is 69.3 Å². The quantitative estimate of drug-likeness (QED) is 0.304. The van der Waals surface area contributed by atoms with Gasteiger partial charge in [0.05, 0.1) is 6.54 Å². The van der Waals surface area contributed by atoms with Crippen molar-refractivity contribution in [3.05, 3.63) is 99.6 Å². The van der Waals surface area contributed by atoms with Crippen molar-refractivity contribution in [1.29, 1.82) is 0 Å². The zero-order valence-corrected chi connectivity index (χ0v) is 20.5. The number of aryl methyl sites for hydroxylation is 2. The third-order valence-electron chi connectivity index (χ3n) is 5.57. The van der Waals surface area contributed by atoms with Crippen molar-refractivity contribution in [1.82, 2.24) is 9.78 Å². The molecule has 0 spiro atoms. The standard InChI is InChI=1S/C27H28ClN3O3/c1-17(2)22-14-23(28)18(3)12-25(22)33-16-21-10-11-24(34-21)27(32)29-26-13-19(4)31(30-26)15-20-8-6-5-7-9-20/h5-14,17H,15-16H2,1-4H3,(H,29,30,32). The molecule has 0 unspecified atom stereocenters. The lowest BCUT2D eigenvalue weighted by molar-refractivity contribution is 0.0992. The van der Waals surface area contributed by atoms with Gasteiger partial charge < -0.3 is 14.5 Å². The maximum Gasteiger partial charge on any atom is 0.292 e. The van der Waals surface area contributed by atoms with Crippen LogP contribution in [0.2, 0.25) is 5.02 Å². The van der Waals surface area contributed by atoms with E-state index in [1.165, 1.54) is 0 Å². The Labute approximate surface area is 204 Å². The number of aromatic nitrogens is 2. The van der Waals surface area contributed by atoms with E-state index in [2.05, 4.69) is 24.3 Å². The molecule has 1 amide bonds. The van der Waals surface area contributed by atoms with E-state index in [0.717, 1.165) is 33.2 Å². The van der Waals surface area contributed by atoms with Crippen LogP contribution in [0.4, 0.5) is 5.82 Å². The van der Waals surface area contributed by atoms with E-state index >= 15 is 0 Å². The van der Waals surface area contributed by atoms with Crippen LogP contribution in [-0.4, -0.2) is 15.7 Å². The molecule has 0 aliphatic carbocycles. The molecule has 0 atom stereocenters. The van der Waals surface area contributed by atoms with Gasteiger partial charge in [-0.2, -0.15) is 5.10 Å². The van der Waals surface area contributed by atoms with Gasteiger partial charge in [0.15, 0.2) is 11.6 Å². The SMILES string of the molecule is Cc1cc(OCc2ccc(C(=O)Nc3cc(C)n(Cc4ccccc4)n3)o2)c(C(C)C)cc1Cl. The minimum Gasteiger partial charge on any atom is -0.485 e. The molecular formula is C27H28ClN3O3. The number of nitrogens with one attached hydrogen (secondary N) is 1. The van der Waals surface area contributed by atoms with Crippen LogP contribution in [0.5, 0.6) is 5.75 Å². The summed E-state index contributed by atoms with van der Waals surface area (Å²) in [7, 11) is 0. The molecule has 34 heavy (non-hydrogen) atoms. The molecule has 6 nitrogen and oxygen atoms in total. The van der Waals surface area contributed by atoms with Crippen LogP contribution in [0.15, 0.2) is 65.1 Å². The number of amides is 1. The van der Waals surface area contributed by atoms with E-state index < -0.39 is 0 Å². The highest BCUT2D eigenvalue weighted by Gasteiger charge is 2.16. The van der Waals surface area contributed by atoms with E-state index in [1.54, 1.807) is 12.1 Å². The number of carbonyl (C=O) groups excluding carboxylic acids is 1. The number of rotatable bonds is 8. The second-order valence-corrected chi connectivity index (χ2v) is 9.02. The lowest BCUT2D eigenvalue weighted by Gasteiger charge is -2.15. The van der Waals surface area contributed by atoms with Crippen molar-refractivity contribution in [2.24, 2.45) is 0 Å². The van der Waals surface area contributed by atoms with Crippen LogP contribution in [0, 0.1) is 13.8 Å². The minimum absolute atomic E-state index is 0.199. The fourth-order valence-electron chi connectivity index (χ4n) is 3.64. The van der Waals surface area contributed by atoms with Crippen LogP contribution >= 0.6 is 11.6 Å². The van der Waals surface area contributed by atoms with Crippen LogP contribution in [0.25, 0.3) is 0 Å². The molecule has 0 aliphatic rings. The number of nitrogens with zero attached hydrogens (tertiary/aromatic N) is 2. The predicted molar refractivity (Wildman–Crippen MR) is 134 cm³/mol. The second-order valence-electron chi connectivity index (χ2n) is 8.62. The van der Waals surface area contributed by atoms with Gasteiger partial charge in [0, 0.05) is 16.8 Å². The van der Waals surface area contributed by atoms with E-state index in [1.807, 2.05) is 67.1 Å². The van der Waals surface area contributed by atoms with Crippen LogP contribution in [0.3, 0.4) is 0 Å². The van der Waals surface area contributed by atoms with Gasteiger partial charge >= 0.3 is 0 Å². The van der Waals surface area contributed by atoms with E-state index in [9.17, 15) is 4.79 Å². The highest BCUT2D eigenvalue weighted by atomic mass is 35.5. The molecule has 0 fully saturated rings. The number of benzene rings is 2. The molecule has 0 radical (unpaired) electrons. The summed E-state index contributed by atoms with van der Waals surface area (Å²) < 4.78 is 13.6. The summed E-state index contributed by atoms with van der Waals surface area (Å²) in [4.78, 5) is 12.7. The van der Waals surface area contributed by atoms with E-state index in [0.29, 0.717) is 18.1 Å². The van der Waals surface area contributed by atoms with Crippen LogP contribution in [0.1, 0.15) is 58.5 Å². The first kappa shape index (κ1) is 23.6. The Kier molecular flexibility index (Phi) is 7.08. The summed E-state index contributed by atoms with van der Waals surface area (Å²) in [5.41, 5.74) is 4.06. The largest absolute Gasteiger partial charge is 0.485 e. The number of hydrogen-bond donors (Lipinski definition) is 1. The van der Waals surface area contributed by atoms with Crippen molar-refractivity contribution in [3.63, 3.8) is 0 Å². The summed E-state index contributed by atoms with van der Waals surface area (Å²) in [6.45, 7) is 8.92. The Hall–Kier alpha value is -3.51. The summed E-state index contributed by atoms with van der Waals surface area (Å²) in [5, 5.41) is 8.03. The van der Waals surface area contributed by atoms with Crippen molar-refractivity contribution in [3.8, 4) is 5.75 Å². The summed E-state index contributed by atoms with van der Waals surface area (Å²) in [6.07, 6.45) is 0. The summed E-state index contributed by atoms with van der Waals surface area (Å²) in [5.74, 6) is 1.89. The zero-order chi connectivity index (χ0) is 24.2. The van der Waals surface area contributed by atoms with Crippen molar-refractivity contribution in [2.45, 2.75) is 46.8 Å². The molecule has 1 N–H and O–H groups in total. The molecule has 2 heterocycles. The molecule has 176 valence electrons. The van der Waals surface area contributed by atoms with Gasteiger partial charge in [-0.3, -0.25) is 9.48 Å². The lowest BCUT2D eigenvalue weighted by atomic mass is 10.0. The minimum atomic E-state index is -0.360. The normalized spacial score (nSPS) is 11.1. The maximum atomic E-state index is 12.7. The maximum absolute atomic E-state index is 12.7. The average Bonchev–Trinajstić information content (AvgIpc) is 3.41. The molecule has 0 bridgehead atoms. The molecule has 4 rings (SSSR count). The number of ether oxygens (including phenoxy) is 1. The highest BCUT2D eigenvalue weighted by Crippen LogP contribution is 2.32. The summed E-state index contributed by atoms with van der Waals surface area (Å²) in [6, 6.07) is 19.1. The second kappa shape index (κ2) is 10.2. The number of hydrogen-bond acceptors (Lipinski definition) is 4. The van der Waals surface area contributed by atoms with Gasteiger partial charge in [-0.15, -0.1) is 0 Å². The van der Waals surface area contributed by atoms with Gasteiger partial charge in [0.25, 0.3) is 5.91 Å². The van der Waals surface area contributed by atoms with Crippen LogP contribution in [-0.2, 0) is 13.2 Å². The first-order chi connectivity index (χ1) is 16.3. The molecule has 2 aromatic carbocycles. The lowest BCUT2D eigenvalue weighted by Crippen LogP contribution is -2.12. The Balaban J connectivity index is 1.40. The highest BCUT2D eigenvalue weighted by molar-refractivity contribution is 6.31. The van der Waals surface area contributed by atoms with Gasteiger partial charge in [-0.25, -0.2) is 0 Å². The fraction of sp³-hybridized carbons (Fsp3) is 0.259. The molecule has 4 aromatic rings. The Morgan fingerprint density at radius 3 is 2.62 bits per heavy atom. The number of halogens is 1. The van der Waals surface area contributed by atoms with E-state index in [4.69, 9.17) is 20.8 Å². The molecule has 0 aliphatic heterocycles. The monoisotopic (exact) mass is 477 g/mol. The third kappa shape index (κ3) is 5.51. The number of anilines is 1. The zero-order valence-electron chi connectivity index (χ0n) is 19.8. The summed E-state index contributed by atoms with van der Waals surface area (Å²) >= 11 is 6.28. The molecule has 2 aromatic heterocycles. The van der Waals surface area contributed by atoms with Crippen LogP contribution < -0.4 is 10.1 Å². The molecule has 0 saturated heterocycles. The first-order valence-corrected chi connectivity index (χ1v) is 11.6. The van der Waals surface area contributed by atoms with Gasteiger partial charge in [0.2, 0.25) is 0 Å². The Morgan fingerprint density at radius 2 is 1.88 bits per heavy atom.